The van der Waals surface area contributed by atoms with E-state index in [-0.39, 0.29) is 29.0 Å². The van der Waals surface area contributed by atoms with Crippen molar-refractivity contribution in [1.29, 1.82) is 5.26 Å². The van der Waals surface area contributed by atoms with Gasteiger partial charge in [-0.3, -0.25) is 14.2 Å². The summed E-state index contributed by atoms with van der Waals surface area (Å²) in [6.07, 6.45) is 0. The second kappa shape index (κ2) is 8.08. The van der Waals surface area contributed by atoms with Crippen LogP contribution in [0.5, 0.6) is 11.6 Å². The van der Waals surface area contributed by atoms with Gasteiger partial charge in [-0.1, -0.05) is 30.3 Å². The molecule has 0 unspecified atom stereocenters. The molecule has 2 aromatic heterocycles. The number of para-hydroxylation sites is 1. The minimum atomic E-state index is -0.670. The first-order valence-electron chi connectivity index (χ1n) is 9.89. The van der Waals surface area contributed by atoms with Gasteiger partial charge in [0.15, 0.2) is 5.76 Å². The smallest absolute Gasteiger partial charge is 0.271 e. The van der Waals surface area contributed by atoms with Crippen molar-refractivity contribution in [3.63, 3.8) is 0 Å². The van der Waals surface area contributed by atoms with Gasteiger partial charge in [0, 0.05) is 10.9 Å². The molecule has 0 aliphatic rings. The molecule has 0 radical (unpaired) electrons. The van der Waals surface area contributed by atoms with E-state index in [1.165, 1.54) is 6.92 Å². The first-order chi connectivity index (χ1) is 15.4. The molecule has 1 N–H and O–H groups in total. The summed E-state index contributed by atoms with van der Waals surface area (Å²) >= 11 is 0. The number of carbonyl (C=O) groups excluding carboxylic acids is 1. The standard InChI is InChI=1S/C25H20N2O5/c1-14-19(12-26)24(29)27(13-16-8-10-17(31-3)11-9-16)25(30)21(14)22(28)23-15(2)18-6-4-5-7-20(18)32-23/h4-11,30H,13H2,1-3H3. The number of methoxy groups -OCH3 is 1. The molecule has 0 spiro atoms. The van der Waals surface area contributed by atoms with Crippen molar-refractivity contribution < 1.29 is 19.1 Å². The van der Waals surface area contributed by atoms with E-state index in [0.29, 0.717) is 22.5 Å². The van der Waals surface area contributed by atoms with Gasteiger partial charge < -0.3 is 14.3 Å². The van der Waals surface area contributed by atoms with Crippen molar-refractivity contribution in [3.05, 3.63) is 92.5 Å². The molecule has 0 amide bonds. The van der Waals surface area contributed by atoms with Crippen LogP contribution in [-0.2, 0) is 6.54 Å². The number of nitrogens with zero attached hydrogens (tertiary/aromatic N) is 2. The lowest BCUT2D eigenvalue weighted by Gasteiger charge is -2.15. The Hall–Kier alpha value is -4.31. The minimum Gasteiger partial charge on any atom is -0.497 e. The van der Waals surface area contributed by atoms with Crippen molar-refractivity contribution in [2.75, 3.05) is 7.11 Å². The summed E-state index contributed by atoms with van der Waals surface area (Å²) in [4.78, 5) is 26.4. The molecule has 0 saturated carbocycles. The first-order valence-corrected chi connectivity index (χ1v) is 9.89. The van der Waals surface area contributed by atoms with E-state index in [9.17, 15) is 20.0 Å². The molecule has 32 heavy (non-hydrogen) atoms. The molecule has 7 nitrogen and oxygen atoms in total. The average molecular weight is 428 g/mol. The topological polar surface area (TPSA) is 105 Å². The molecule has 0 aliphatic heterocycles. The molecular formula is C25H20N2O5. The third kappa shape index (κ3) is 3.32. The van der Waals surface area contributed by atoms with Gasteiger partial charge in [0.2, 0.25) is 11.7 Å². The first kappa shape index (κ1) is 20.9. The fraction of sp³-hybridized carbons (Fsp3) is 0.160. The highest BCUT2D eigenvalue weighted by Crippen LogP contribution is 2.31. The fourth-order valence-corrected chi connectivity index (χ4v) is 3.79. The summed E-state index contributed by atoms with van der Waals surface area (Å²) in [5.41, 5.74) is 0.968. The Kier molecular flexibility index (Phi) is 5.29. The number of fused-ring (bicyclic) bond motifs is 1. The number of ketones is 1. The third-order valence-corrected chi connectivity index (χ3v) is 5.58. The Balaban J connectivity index is 1.88. The molecule has 0 saturated heterocycles. The summed E-state index contributed by atoms with van der Waals surface area (Å²) in [6, 6.07) is 16.0. The maximum atomic E-state index is 13.5. The summed E-state index contributed by atoms with van der Waals surface area (Å²) in [7, 11) is 1.54. The predicted octanol–water partition coefficient (Wildman–Crippen LogP) is 4.08. The zero-order valence-electron chi connectivity index (χ0n) is 17.8. The van der Waals surface area contributed by atoms with E-state index in [1.807, 2.05) is 18.2 Å². The van der Waals surface area contributed by atoms with Crippen molar-refractivity contribution in [2.45, 2.75) is 20.4 Å². The van der Waals surface area contributed by atoms with Crippen LogP contribution in [0, 0.1) is 25.2 Å². The number of aromatic hydroxyl groups is 1. The maximum absolute atomic E-state index is 13.5. The van der Waals surface area contributed by atoms with Gasteiger partial charge in [-0.25, -0.2) is 0 Å². The summed E-state index contributed by atoms with van der Waals surface area (Å²) < 4.78 is 11.9. The monoisotopic (exact) mass is 428 g/mol. The Bertz CT molecular complexity index is 1450. The lowest BCUT2D eigenvalue weighted by Crippen LogP contribution is -2.27. The van der Waals surface area contributed by atoms with E-state index in [0.717, 1.165) is 9.95 Å². The van der Waals surface area contributed by atoms with E-state index in [2.05, 4.69) is 0 Å². The quantitative estimate of drug-likeness (QED) is 0.480. The highest BCUT2D eigenvalue weighted by molar-refractivity contribution is 6.12. The molecule has 0 fully saturated rings. The normalized spacial score (nSPS) is 10.8. The number of benzene rings is 2. The van der Waals surface area contributed by atoms with Crippen LogP contribution in [-0.4, -0.2) is 22.6 Å². The van der Waals surface area contributed by atoms with Crippen LogP contribution in [0.15, 0.2) is 57.7 Å². The zero-order chi connectivity index (χ0) is 23.0. The highest BCUT2D eigenvalue weighted by Gasteiger charge is 2.28. The SMILES string of the molecule is COc1ccc(Cn2c(O)c(C(=O)c3oc4ccccc4c3C)c(C)c(C#N)c2=O)cc1. The van der Waals surface area contributed by atoms with Crippen molar-refractivity contribution in [2.24, 2.45) is 0 Å². The van der Waals surface area contributed by atoms with E-state index in [1.54, 1.807) is 50.4 Å². The second-order valence-corrected chi connectivity index (χ2v) is 7.43. The molecule has 160 valence electrons. The van der Waals surface area contributed by atoms with Crippen molar-refractivity contribution >= 4 is 16.8 Å². The second-order valence-electron chi connectivity index (χ2n) is 7.43. The van der Waals surface area contributed by atoms with Gasteiger partial charge in [-0.2, -0.15) is 5.26 Å². The van der Waals surface area contributed by atoms with Crippen LogP contribution in [0.4, 0.5) is 0 Å². The van der Waals surface area contributed by atoms with Crippen LogP contribution in [0.25, 0.3) is 11.0 Å². The molecule has 7 heteroatoms. The molecular weight excluding hydrogens is 408 g/mol. The fourth-order valence-electron chi connectivity index (χ4n) is 3.79. The minimum absolute atomic E-state index is 0.0248. The number of aryl methyl sites for hydroxylation is 1. The summed E-state index contributed by atoms with van der Waals surface area (Å²) in [5.74, 6) is -0.396. The predicted molar refractivity (Wildman–Crippen MR) is 118 cm³/mol. The number of furan rings is 1. The number of aromatic nitrogens is 1. The molecule has 4 aromatic rings. The maximum Gasteiger partial charge on any atom is 0.271 e. The Labute approximate surface area is 183 Å². The number of carbonyl (C=O) groups is 1. The molecule has 0 aliphatic carbocycles. The number of nitriles is 1. The van der Waals surface area contributed by atoms with Gasteiger partial charge in [0.05, 0.1) is 19.2 Å². The van der Waals surface area contributed by atoms with Crippen LogP contribution in [0.1, 0.15) is 38.4 Å². The summed E-state index contributed by atoms with van der Waals surface area (Å²) in [6.45, 7) is 3.20. The number of ether oxygens (including phenoxy) is 1. The Morgan fingerprint density at radius 2 is 1.81 bits per heavy atom. The number of rotatable bonds is 5. The largest absolute Gasteiger partial charge is 0.497 e. The van der Waals surface area contributed by atoms with Crippen LogP contribution < -0.4 is 10.3 Å². The third-order valence-electron chi connectivity index (χ3n) is 5.58. The Morgan fingerprint density at radius 3 is 2.44 bits per heavy atom. The van der Waals surface area contributed by atoms with Gasteiger partial charge in [-0.05, 0) is 43.2 Å². The van der Waals surface area contributed by atoms with Crippen molar-refractivity contribution in [1.82, 2.24) is 4.57 Å². The average Bonchev–Trinajstić information content (AvgIpc) is 3.14. The molecule has 4 rings (SSSR count). The zero-order valence-corrected chi connectivity index (χ0v) is 17.8. The number of hydrogen-bond donors (Lipinski definition) is 1. The van der Waals surface area contributed by atoms with Crippen LogP contribution >= 0.6 is 0 Å². The number of hydrogen-bond acceptors (Lipinski definition) is 6. The van der Waals surface area contributed by atoms with Gasteiger partial charge in [0.25, 0.3) is 5.56 Å². The van der Waals surface area contributed by atoms with E-state index < -0.39 is 17.2 Å². The Morgan fingerprint density at radius 1 is 1.12 bits per heavy atom. The van der Waals surface area contributed by atoms with Gasteiger partial charge in [0.1, 0.15) is 23.0 Å². The molecule has 2 heterocycles. The van der Waals surface area contributed by atoms with Crippen LogP contribution in [0.2, 0.25) is 0 Å². The summed E-state index contributed by atoms with van der Waals surface area (Å²) in [5, 5.41) is 21.4. The van der Waals surface area contributed by atoms with E-state index in [4.69, 9.17) is 9.15 Å². The lowest BCUT2D eigenvalue weighted by atomic mass is 9.98. The number of pyridine rings is 1. The van der Waals surface area contributed by atoms with Crippen LogP contribution in [0.3, 0.4) is 0 Å². The van der Waals surface area contributed by atoms with E-state index >= 15 is 0 Å². The molecule has 2 aromatic carbocycles. The lowest BCUT2D eigenvalue weighted by molar-refractivity contribution is 0.101. The highest BCUT2D eigenvalue weighted by atomic mass is 16.5. The van der Waals surface area contributed by atoms with Gasteiger partial charge >= 0.3 is 0 Å². The van der Waals surface area contributed by atoms with Gasteiger partial charge in [-0.15, -0.1) is 0 Å². The molecule has 0 atom stereocenters. The molecule has 0 bridgehead atoms. The van der Waals surface area contributed by atoms with Crippen molar-refractivity contribution in [3.8, 4) is 17.7 Å².